The minimum atomic E-state index is -3.17. The molecule has 0 saturated heterocycles. The molecule has 0 amide bonds. The normalized spacial score (nSPS) is 28.4. The number of hydrogen-bond donors (Lipinski definition) is 1. The van der Waals surface area contributed by atoms with Crippen molar-refractivity contribution < 1.29 is 17.9 Å². The first-order valence-electron chi connectivity index (χ1n) is 7.01. The van der Waals surface area contributed by atoms with Crippen LogP contribution >= 0.6 is 0 Å². The quantitative estimate of drug-likeness (QED) is 0.818. The molecule has 0 spiro atoms. The molecule has 0 heterocycles. The Morgan fingerprint density at radius 1 is 1.24 bits per heavy atom. The predicted molar refractivity (Wildman–Crippen MR) is 82.3 cm³/mol. The zero-order chi connectivity index (χ0) is 15.7. The third-order valence-electron chi connectivity index (χ3n) is 4.44. The second-order valence-electron chi connectivity index (χ2n) is 5.49. The van der Waals surface area contributed by atoms with Gasteiger partial charge >= 0.3 is 0 Å². The summed E-state index contributed by atoms with van der Waals surface area (Å²) in [7, 11) is 0.0114. The summed E-state index contributed by atoms with van der Waals surface area (Å²) in [6, 6.07) is 7.51. The van der Waals surface area contributed by atoms with Crippen LogP contribution in [0.2, 0.25) is 0 Å². The van der Waals surface area contributed by atoms with Crippen molar-refractivity contribution in [2.75, 3.05) is 33.1 Å². The number of nitrogens with two attached hydrogens (primary N) is 1. The van der Waals surface area contributed by atoms with Crippen molar-refractivity contribution in [3.8, 4) is 5.75 Å². The summed E-state index contributed by atoms with van der Waals surface area (Å²) in [5.41, 5.74) is 6.37. The van der Waals surface area contributed by atoms with Gasteiger partial charge in [0, 0.05) is 30.7 Å². The van der Waals surface area contributed by atoms with Crippen LogP contribution in [0.3, 0.4) is 0 Å². The molecule has 5 nitrogen and oxygen atoms in total. The molecule has 0 unspecified atom stereocenters. The average Bonchev–Trinajstić information content (AvgIpc) is 3.18. The fourth-order valence-electron chi connectivity index (χ4n) is 3.26. The largest absolute Gasteiger partial charge is 0.497 e. The van der Waals surface area contributed by atoms with Gasteiger partial charge in [-0.2, -0.15) is 0 Å². The maximum Gasteiger partial charge on any atom is 0.154 e. The molecule has 1 aromatic carbocycles. The van der Waals surface area contributed by atoms with E-state index in [4.69, 9.17) is 15.2 Å². The summed E-state index contributed by atoms with van der Waals surface area (Å²) in [5.74, 6) is 0.758. The van der Waals surface area contributed by atoms with E-state index in [1.165, 1.54) is 0 Å². The van der Waals surface area contributed by atoms with Crippen LogP contribution in [0.25, 0.3) is 0 Å². The molecule has 118 valence electrons. The SMILES string of the molecule is CCS(=O)(=O)[C@H]1[C@H](c2ccc(OC)cc2)[C@@]1(CN)COC. The maximum atomic E-state index is 12.4. The molecule has 2 N–H and O–H groups in total. The van der Waals surface area contributed by atoms with Crippen molar-refractivity contribution in [2.45, 2.75) is 18.1 Å². The Balaban J connectivity index is 2.39. The monoisotopic (exact) mass is 313 g/mol. The van der Waals surface area contributed by atoms with Gasteiger partial charge in [0.05, 0.1) is 19.0 Å². The van der Waals surface area contributed by atoms with Gasteiger partial charge in [-0.15, -0.1) is 0 Å². The molecule has 1 aliphatic rings. The van der Waals surface area contributed by atoms with Crippen LogP contribution < -0.4 is 10.5 Å². The lowest BCUT2D eigenvalue weighted by Gasteiger charge is -2.14. The van der Waals surface area contributed by atoms with E-state index < -0.39 is 20.5 Å². The van der Waals surface area contributed by atoms with Gasteiger partial charge in [-0.1, -0.05) is 19.1 Å². The Kier molecular flexibility index (Phi) is 4.60. The van der Waals surface area contributed by atoms with Crippen LogP contribution in [0.15, 0.2) is 24.3 Å². The Hall–Kier alpha value is -1.11. The number of sulfone groups is 1. The van der Waals surface area contributed by atoms with E-state index in [-0.39, 0.29) is 11.7 Å². The fraction of sp³-hybridized carbons (Fsp3) is 0.600. The fourth-order valence-corrected chi connectivity index (χ4v) is 5.41. The topological polar surface area (TPSA) is 78.6 Å². The lowest BCUT2D eigenvalue weighted by Crippen LogP contribution is -2.28. The summed E-state index contributed by atoms with van der Waals surface area (Å²) in [6.07, 6.45) is 0. The van der Waals surface area contributed by atoms with E-state index in [2.05, 4.69) is 0 Å². The van der Waals surface area contributed by atoms with Gasteiger partial charge in [0.15, 0.2) is 9.84 Å². The minimum Gasteiger partial charge on any atom is -0.497 e. The van der Waals surface area contributed by atoms with Crippen LogP contribution in [0.5, 0.6) is 5.75 Å². The predicted octanol–water partition coefficient (Wildman–Crippen LogP) is 1.19. The van der Waals surface area contributed by atoms with Crippen LogP contribution in [-0.2, 0) is 14.6 Å². The van der Waals surface area contributed by atoms with Crippen molar-refractivity contribution in [3.63, 3.8) is 0 Å². The molecular weight excluding hydrogens is 290 g/mol. The first kappa shape index (κ1) is 16.3. The highest BCUT2D eigenvalue weighted by atomic mass is 32.2. The maximum absolute atomic E-state index is 12.4. The summed E-state index contributed by atoms with van der Waals surface area (Å²) in [4.78, 5) is 0. The molecule has 1 saturated carbocycles. The van der Waals surface area contributed by atoms with E-state index in [0.29, 0.717) is 13.2 Å². The number of rotatable bonds is 7. The van der Waals surface area contributed by atoms with Gasteiger partial charge in [0.1, 0.15) is 5.75 Å². The highest BCUT2D eigenvalue weighted by molar-refractivity contribution is 7.92. The standard InChI is InChI=1S/C15H23NO4S/c1-4-21(17,18)14-13(15(14,9-16)10-19-2)11-5-7-12(20-3)8-6-11/h5-8,13-14H,4,9-10,16H2,1-3H3/t13-,14-,15+/m0/s1. The van der Waals surface area contributed by atoms with Crippen molar-refractivity contribution in [2.24, 2.45) is 11.1 Å². The number of methoxy groups -OCH3 is 2. The van der Waals surface area contributed by atoms with Crippen molar-refractivity contribution >= 4 is 9.84 Å². The van der Waals surface area contributed by atoms with Crippen molar-refractivity contribution in [1.82, 2.24) is 0 Å². The second-order valence-corrected chi connectivity index (χ2v) is 7.90. The van der Waals surface area contributed by atoms with Gasteiger partial charge < -0.3 is 15.2 Å². The van der Waals surface area contributed by atoms with E-state index >= 15 is 0 Å². The lowest BCUT2D eigenvalue weighted by molar-refractivity contribution is 0.142. The zero-order valence-corrected chi connectivity index (χ0v) is 13.5. The Labute approximate surface area is 126 Å². The highest BCUT2D eigenvalue weighted by Crippen LogP contribution is 2.62. The smallest absolute Gasteiger partial charge is 0.154 e. The van der Waals surface area contributed by atoms with Crippen LogP contribution in [-0.4, -0.2) is 46.8 Å². The average molecular weight is 313 g/mol. The molecule has 0 radical (unpaired) electrons. The van der Waals surface area contributed by atoms with E-state index in [1.807, 2.05) is 24.3 Å². The molecule has 2 rings (SSSR count). The third kappa shape index (κ3) is 2.67. The number of hydrogen-bond acceptors (Lipinski definition) is 5. The number of ether oxygens (including phenoxy) is 2. The van der Waals surface area contributed by atoms with E-state index in [1.54, 1.807) is 21.1 Å². The van der Waals surface area contributed by atoms with Crippen LogP contribution in [0, 0.1) is 5.41 Å². The minimum absolute atomic E-state index is 0.113. The Morgan fingerprint density at radius 2 is 1.86 bits per heavy atom. The van der Waals surface area contributed by atoms with Crippen LogP contribution in [0.1, 0.15) is 18.4 Å². The van der Waals surface area contributed by atoms with Gasteiger partial charge in [-0.25, -0.2) is 8.42 Å². The number of benzene rings is 1. The Morgan fingerprint density at radius 3 is 2.29 bits per heavy atom. The van der Waals surface area contributed by atoms with Crippen molar-refractivity contribution in [1.29, 1.82) is 0 Å². The van der Waals surface area contributed by atoms with Gasteiger partial charge in [0.25, 0.3) is 0 Å². The molecule has 6 heteroatoms. The lowest BCUT2D eigenvalue weighted by atomic mass is 10.00. The molecule has 1 aliphatic carbocycles. The van der Waals surface area contributed by atoms with E-state index in [0.717, 1.165) is 11.3 Å². The first-order chi connectivity index (χ1) is 9.96. The Bertz CT molecular complexity index is 584. The molecule has 0 bridgehead atoms. The van der Waals surface area contributed by atoms with Crippen molar-refractivity contribution in [3.05, 3.63) is 29.8 Å². The molecule has 3 atom stereocenters. The van der Waals surface area contributed by atoms with Crippen LogP contribution in [0.4, 0.5) is 0 Å². The molecular formula is C15H23NO4S. The summed E-state index contributed by atoms with van der Waals surface area (Å²) >= 11 is 0. The summed E-state index contributed by atoms with van der Waals surface area (Å²) in [5, 5.41) is -0.464. The highest BCUT2D eigenvalue weighted by Gasteiger charge is 2.69. The second kappa shape index (κ2) is 5.94. The third-order valence-corrected chi connectivity index (χ3v) is 6.76. The first-order valence-corrected chi connectivity index (χ1v) is 8.73. The molecule has 1 aromatic rings. The summed E-state index contributed by atoms with van der Waals surface area (Å²) in [6.45, 7) is 2.32. The molecule has 0 aromatic heterocycles. The zero-order valence-electron chi connectivity index (χ0n) is 12.7. The molecule has 1 fully saturated rings. The van der Waals surface area contributed by atoms with Gasteiger partial charge in [-0.3, -0.25) is 0 Å². The van der Waals surface area contributed by atoms with Gasteiger partial charge in [0.2, 0.25) is 0 Å². The van der Waals surface area contributed by atoms with Gasteiger partial charge in [-0.05, 0) is 17.7 Å². The molecule has 21 heavy (non-hydrogen) atoms. The summed E-state index contributed by atoms with van der Waals surface area (Å²) < 4.78 is 35.2. The molecule has 0 aliphatic heterocycles. The van der Waals surface area contributed by atoms with E-state index in [9.17, 15) is 8.42 Å².